The molecule has 128 heavy (non-hydrogen) atoms. The summed E-state index contributed by atoms with van der Waals surface area (Å²) < 4.78 is 62.5. The zero-order valence-corrected chi connectivity index (χ0v) is 83.0. The van der Waals surface area contributed by atoms with E-state index in [9.17, 15) is 4.79 Å². The molecule has 0 aliphatic heterocycles. The Hall–Kier alpha value is -8.66. The van der Waals surface area contributed by atoms with Gasteiger partial charge in [-0.15, -0.1) is 0 Å². The highest BCUT2D eigenvalue weighted by Gasteiger charge is 2.23. The average molecular weight is 1760 g/mol. The van der Waals surface area contributed by atoms with E-state index in [0.717, 1.165) is 186 Å². The fraction of sp³-hybridized carbons (Fsp3) is 0.625. The summed E-state index contributed by atoms with van der Waals surface area (Å²) in [5.41, 5.74) is 19.9. The first-order valence-electron chi connectivity index (χ1n) is 51.1. The van der Waals surface area contributed by atoms with Crippen LogP contribution in [0.1, 0.15) is 399 Å². The van der Waals surface area contributed by atoms with Gasteiger partial charge in [0.25, 0.3) is 0 Å². The monoisotopic (exact) mass is 1760 g/mol. The molecular formula is C112H174N6O10. The number of benzene rings is 5. The molecule has 6 aromatic rings. The van der Waals surface area contributed by atoms with Crippen LogP contribution >= 0.6 is 0 Å². The number of amides is 2. The molecule has 6 rings (SSSR count). The molecule has 1 aromatic heterocycles. The third-order valence-corrected chi connectivity index (χ3v) is 24.9. The molecule has 0 saturated carbocycles. The molecule has 0 unspecified atom stereocenters. The Morgan fingerprint density at radius 2 is 0.570 bits per heavy atom. The summed E-state index contributed by atoms with van der Waals surface area (Å²) in [5.74, 6) is 8.97. The maximum absolute atomic E-state index is 12.5. The van der Waals surface area contributed by atoms with Crippen LogP contribution in [0.15, 0.2) is 72.8 Å². The van der Waals surface area contributed by atoms with E-state index in [1.54, 1.807) is 0 Å². The second-order valence-electron chi connectivity index (χ2n) is 36.8. The van der Waals surface area contributed by atoms with Crippen LogP contribution in [0.25, 0.3) is 60.0 Å². The van der Waals surface area contributed by atoms with Gasteiger partial charge in [0.15, 0.2) is 17.3 Å². The van der Waals surface area contributed by atoms with E-state index in [1.165, 1.54) is 159 Å². The van der Waals surface area contributed by atoms with Gasteiger partial charge in [-0.1, -0.05) is 402 Å². The molecule has 16 heteroatoms. The summed E-state index contributed by atoms with van der Waals surface area (Å²) in [6.45, 7) is 41.0. The van der Waals surface area contributed by atoms with E-state index in [1.807, 2.05) is 31.2 Å². The lowest BCUT2D eigenvalue weighted by Gasteiger charge is -2.20. The number of ether oxygens (including phenoxy) is 9. The van der Waals surface area contributed by atoms with E-state index in [4.69, 9.17) is 54.1 Å². The van der Waals surface area contributed by atoms with Crippen molar-refractivity contribution in [3.8, 4) is 63.1 Å². The van der Waals surface area contributed by atoms with Gasteiger partial charge in [-0.3, -0.25) is 4.90 Å². The number of hydrogen-bond acceptors (Lipinski definition) is 14. The molecule has 0 bridgehead atoms. The van der Waals surface area contributed by atoms with E-state index in [0.29, 0.717) is 113 Å². The Labute approximate surface area is 777 Å². The van der Waals surface area contributed by atoms with E-state index in [2.05, 4.69) is 216 Å². The van der Waals surface area contributed by atoms with Crippen LogP contribution in [-0.4, -0.2) is 87.0 Å². The summed E-state index contributed by atoms with van der Waals surface area (Å²) in [6, 6.07) is 24.4. The lowest BCUT2D eigenvalue weighted by molar-refractivity contribution is 0.234. The molecule has 5 aromatic carbocycles. The zero-order valence-electron chi connectivity index (χ0n) is 83.0. The third kappa shape index (κ3) is 42.1. The average Bonchev–Trinajstić information content (AvgIpc) is 0.806. The van der Waals surface area contributed by atoms with Crippen molar-refractivity contribution in [2.45, 2.75) is 355 Å². The molecule has 1 heterocycles. The third-order valence-electron chi connectivity index (χ3n) is 24.9. The van der Waals surface area contributed by atoms with Gasteiger partial charge >= 0.3 is 6.03 Å². The number of rotatable bonds is 73. The standard InChI is InChI=1S/C112H174N6O10/c1-17-27-31-34-37-40-43-46-49-52-68-120-106-71-92(72-107(121-69-53-50-47-44-41-38-35-32-28-18-2)108(106)122-70-54-51-48-45-42-39-36-33-29-19-3)58-62-95-74-103(126-82-88(14)24-8)97(76-101(95)124-80-86(12)22-6)64-66-99-78-104(127-83-89(15)25-9)98(77-105(99)128-84-90(16)26-10)65-63-96-75-100(123-79-85(11)21-5)94(73-102(96)125-81-87(13)23-7)61-57-91-55-59-93(60-56-91)109-115-110(113)117-112(116-109)118(111(114)119)67-30-20-4/h55-66,71-78,85-90H,17-54,67-70,79-84H2,1-16H3,(H2,114,119)(H2,113,115,116,117)/t85-,86-,87-,88-,89-,90-/m0/s1. The molecule has 0 saturated heterocycles. The molecule has 712 valence electrons. The Balaban J connectivity index is 1.46. The number of aromatic nitrogens is 3. The first-order chi connectivity index (χ1) is 62.3. The van der Waals surface area contributed by atoms with Gasteiger partial charge in [0.1, 0.15) is 34.5 Å². The number of hydrogen-bond donors (Lipinski definition) is 2. The highest BCUT2D eigenvalue weighted by molar-refractivity contribution is 5.89. The maximum atomic E-state index is 12.5. The zero-order chi connectivity index (χ0) is 92.3. The fourth-order valence-electron chi connectivity index (χ4n) is 14.5. The molecule has 2 amide bonds. The lowest BCUT2D eigenvalue weighted by Crippen LogP contribution is -2.38. The van der Waals surface area contributed by atoms with Crippen LogP contribution in [0, 0.1) is 35.5 Å². The van der Waals surface area contributed by atoms with Crippen molar-refractivity contribution in [2.24, 2.45) is 41.2 Å². The van der Waals surface area contributed by atoms with Crippen molar-refractivity contribution in [3.63, 3.8) is 0 Å². The topological polar surface area (TPSA) is 194 Å². The van der Waals surface area contributed by atoms with Crippen LogP contribution in [-0.2, 0) is 0 Å². The van der Waals surface area contributed by atoms with Crippen LogP contribution in [0.2, 0.25) is 0 Å². The molecule has 0 fully saturated rings. The maximum Gasteiger partial charge on any atom is 0.321 e. The second kappa shape index (κ2) is 65.0. The van der Waals surface area contributed by atoms with Gasteiger partial charge in [0.2, 0.25) is 17.6 Å². The minimum Gasteiger partial charge on any atom is -0.493 e. The molecule has 0 radical (unpaired) electrons. The minimum atomic E-state index is -0.649. The second-order valence-corrected chi connectivity index (χ2v) is 36.8. The number of carbonyl (C=O) groups excluding carboxylic acids is 1. The predicted molar refractivity (Wildman–Crippen MR) is 545 cm³/mol. The van der Waals surface area contributed by atoms with E-state index >= 15 is 0 Å². The molecular weight excluding hydrogens is 1590 g/mol. The SMILES string of the molecule is CCCCCCCCCCCCOc1cc(C=Cc2cc(OC[C@@H](C)CC)c(C=Cc3cc(OC[C@@H](C)CC)c(C=Cc4cc(OC[C@@H](C)CC)c(C=Cc5ccc(-c6nc(N)nc(N(CCCC)C(N)=O)n6)cc5)cc4OC[C@@H](C)CC)cc3OC[C@@H](C)CC)cc2OC[C@@H](C)CC)cc(OCCCCCCCCCCCC)c1OCCCCCCCCCCCC. The smallest absolute Gasteiger partial charge is 0.321 e. The van der Waals surface area contributed by atoms with Crippen LogP contribution in [0.4, 0.5) is 16.7 Å². The minimum absolute atomic E-state index is 0.00120. The van der Waals surface area contributed by atoms with Gasteiger partial charge in [0, 0.05) is 45.5 Å². The van der Waals surface area contributed by atoms with E-state index < -0.39 is 6.03 Å². The highest BCUT2D eigenvalue weighted by atomic mass is 16.5. The van der Waals surface area contributed by atoms with Crippen LogP contribution < -0.4 is 59.0 Å². The summed E-state index contributed by atoms with van der Waals surface area (Å²) in [7, 11) is 0. The normalized spacial score (nSPS) is 13.2. The van der Waals surface area contributed by atoms with Crippen molar-refractivity contribution in [1.29, 1.82) is 0 Å². The van der Waals surface area contributed by atoms with Crippen molar-refractivity contribution in [2.75, 3.05) is 76.6 Å². The molecule has 6 atom stereocenters. The number of carbonyl (C=O) groups is 1. The number of nitrogens with two attached hydrogens (primary N) is 2. The molecule has 0 aliphatic carbocycles. The fourth-order valence-corrected chi connectivity index (χ4v) is 14.5. The number of unbranched alkanes of at least 4 members (excludes halogenated alkanes) is 28. The van der Waals surface area contributed by atoms with Gasteiger partial charge < -0.3 is 54.1 Å². The Bertz CT molecular complexity index is 4090. The Morgan fingerprint density at radius 3 is 0.852 bits per heavy atom. The van der Waals surface area contributed by atoms with Crippen LogP contribution in [0.3, 0.4) is 0 Å². The molecule has 0 spiro atoms. The van der Waals surface area contributed by atoms with Crippen molar-refractivity contribution in [3.05, 3.63) is 117 Å². The Morgan fingerprint density at radius 1 is 0.305 bits per heavy atom. The van der Waals surface area contributed by atoms with E-state index in [-0.39, 0.29) is 11.9 Å². The van der Waals surface area contributed by atoms with Gasteiger partial charge in [-0.25, -0.2) is 4.79 Å². The van der Waals surface area contributed by atoms with Gasteiger partial charge in [0.05, 0.1) is 59.5 Å². The number of nitrogen functional groups attached to an aromatic ring is 1. The first-order valence-corrected chi connectivity index (χ1v) is 51.1. The van der Waals surface area contributed by atoms with Crippen molar-refractivity contribution >= 4 is 66.5 Å². The van der Waals surface area contributed by atoms with Crippen molar-refractivity contribution in [1.82, 2.24) is 15.0 Å². The number of primary amides is 1. The summed E-state index contributed by atoms with van der Waals surface area (Å²) in [6.07, 6.45) is 62.3. The Kier molecular flexibility index (Phi) is 54.9. The number of anilines is 2. The summed E-state index contributed by atoms with van der Waals surface area (Å²) >= 11 is 0. The van der Waals surface area contributed by atoms with Crippen molar-refractivity contribution < 1.29 is 47.4 Å². The lowest BCUT2D eigenvalue weighted by atomic mass is 10.0. The molecule has 0 aliphatic rings. The number of nitrogens with zero attached hydrogens (tertiary/aromatic N) is 4. The first kappa shape index (κ1) is 108. The quantitative estimate of drug-likeness (QED) is 0.0270. The molecule has 4 N–H and O–H groups in total. The van der Waals surface area contributed by atoms with Crippen LogP contribution in [0.5, 0.6) is 51.7 Å². The summed E-state index contributed by atoms with van der Waals surface area (Å²) in [5, 5.41) is 0. The van der Waals surface area contributed by atoms with Gasteiger partial charge in [-0.05, 0) is 121 Å². The highest BCUT2D eigenvalue weighted by Crippen LogP contribution is 2.43. The summed E-state index contributed by atoms with van der Waals surface area (Å²) in [4.78, 5) is 27.2. The number of urea groups is 1. The van der Waals surface area contributed by atoms with Gasteiger partial charge in [-0.2, -0.15) is 15.0 Å². The largest absolute Gasteiger partial charge is 0.493 e. The predicted octanol–water partition coefficient (Wildman–Crippen LogP) is 31.9. The molecule has 16 nitrogen and oxygen atoms in total.